The molecule has 0 aliphatic carbocycles. The van der Waals surface area contributed by atoms with Crippen molar-refractivity contribution in [1.82, 2.24) is 8.96 Å². The quantitative estimate of drug-likeness (QED) is 0.122. The molecule has 8 rings (SSSR count). The third-order valence-electron chi connectivity index (χ3n) is 10.5. The van der Waals surface area contributed by atoms with Crippen molar-refractivity contribution in [3.63, 3.8) is 0 Å². The number of rotatable bonds is 7. The Labute approximate surface area is 310 Å². The lowest BCUT2D eigenvalue weighted by Crippen LogP contribution is -2.48. The fourth-order valence-corrected chi connectivity index (χ4v) is 8.14. The van der Waals surface area contributed by atoms with Crippen molar-refractivity contribution < 1.29 is 18.1 Å². The molecule has 0 unspecified atom stereocenters. The predicted molar refractivity (Wildman–Crippen MR) is 213 cm³/mol. The first kappa shape index (κ1) is 34.2. The molecule has 5 aromatic carbocycles. The first-order valence-corrected chi connectivity index (χ1v) is 17.9. The van der Waals surface area contributed by atoms with Gasteiger partial charge < -0.3 is 27.1 Å². The number of aryl methyl sites for hydroxylation is 5. The molecule has 7 heteroatoms. The number of aromatic nitrogens is 2. The first-order valence-electron chi connectivity index (χ1n) is 17.9. The number of hydrogen-bond acceptors (Lipinski definition) is 2. The van der Waals surface area contributed by atoms with Crippen molar-refractivity contribution >= 4 is 6.97 Å². The van der Waals surface area contributed by atoms with Crippen molar-refractivity contribution in [2.45, 2.75) is 34.6 Å². The van der Waals surface area contributed by atoms with Gasteiger partial charge in [0.15, 0.2) is 0 Å². The van der Waals surface area contributed by atoms with Crippen molar-refractivity contribution in [3.05, 3.63) is 172 Å². The minimum atomic E-state index is -4.28. The van der Waals surface area contributed by atoms with Gasteiger partial charge in [0, 0.05) is 34.4 Å². The van der Waals surface area contributed by atoms with Crippen LogP contribution in [0.4, 0.5) is 8.63 Å². The number of ether oxygens (including phenoxy) is 2. The molecule has 0 spiro atoms. The average Bonchev–Trinajstić information content (AvgIpc) is 3.80. The lowest BCUT2D eigenvalue weighted by Gasteiger charge is -2.38. The molecule has 4 nitrogen and oxygen atoms in total. The normalized spacial score (nSPS) is 13.1. The molecule has 0 saturated carbocycles. The van der Waals surface area contributed by atoms with Crippen LogP contribution in [0.5, 0.6) is 11.5 Å². The van der Waals surface area contributed by atoms with Gasteiger partial charge in [-0.15, -0.1) is 0 Å². The smallest absolute Gasteiger partial charge is 0.497 e. The topological polar surface area (TPSA) is 28.3 Å². The van der Waals surface area contributed by atoms with E-state index in [-0.39, 0.29) is 0 Å². The van der Waals surface area contributed by atoms with E-state index in [1.807, 2.05) is 74.5 Å². The molecule has 1 aliphatic rings. The van der Waals surface area contributed by atoms with Crippen LogP contribution >= 0.6 is 0 Å². The van der Waals surface area contributed by atoms with Gasteiger partial charge in [-0.25, -0.2) is 0 Å². The number of benzene rings is 5. The minimum Gasteiger partial charge on any atom is -0.497 e. The van der Waals surface area contributed by atoms with Gasteiger partial charge in [0.05, 0.1) is 31.2 Å². The summed E-state index contributed by atoms with van der Waals surface area (Å²) in [6.45, 7) is 6.00. The van der Waals surface area contributed by atoms with Crippen LogP contribution in [0.15, 0.2) is 122 Å². The second-order valence-corrected chi connectivity index (χ2v) is 14.3. The van der Waals surface area contributed by atoms with Crippen molar-refractivity contribution in [2.75, 3.05) is 14.2 Å². The molecular formula is C46H41BF2N2O2. The van der Waals surface area contributed by atoms with Crippen LogP contribution in [0.2, 0.25) is 0 Å². The number of halogens is 2. The maximum atomic E-state index is 17.3. The second kappa shape index (κ2) is 12.9. The maximum Gasteiger partial charge on any atom is 0.534 e. The molecule has 0 N–H and O–H groups in total. The van der Waals surface area contributed by atoms with E-state index < -0.39 is 6.97 Å². The molecule has 7 aromatic rings. The summed E-state index contributed by atoms with van der Waals surface area (Å²) in [4.78, 5) is 0. The van der Waals surface area contributed by atoms with Crippen LogP contribution in [-0.2, 0) is 0 Å². The van der Waals surface area contributed by atoms with Gasteiger partial charge in [-0.1, -0.05) is 71.8 Å². The molecule has 0 bridgehead atoms. The van der Waals surface area contributed by atoms with E-state index >= 15 is 8.63 Å². The maximum absolute atomic E-state index is 17.3. The van der Waals surface area contributed by atoms with Gasteiger partial charge in [-0.2, -0.15) is 0 Å². The Balaban J connectivity index is 1.36. The van der Waals surface area contributed by atoms with Gasteiger partial charge in [0.2, 0.25) is 0 Å². The van der Waals surface area contributed by atoms with E-state index in [1.165, 1.54) is 8.96 Å². The fraction of sp³-hybridized carbons (Fsp3) is 0.152. The molecular weight excluding hydrogens is 661 g/mol. The van der Waals surface area contributed by atoms with Crippen LogP contribution < -0.4 is 9.47 Å². The average molecular weight is 703 g/mol. The van der Waals surface area contributed by atoms with Crippen molar-refractivity contribution in [1.29, 1.82) is 0 Å². The highest BCUT2D eigenvalue weighted by atomic mass is 19.2. The third-order valence-corrected chi connectivity index (χ3v) is 10.5. The zero-order valence-electron chi connectivity index (χ0n) is 31.1. The van der Waals surface area contributed by atoms with Gasteiger partial charge in [-0.05, 0) is 122 Å². The largest absolute Gasteiger partial charge is 0.534 e. The number of methoxy groups -OCH3 is 2. The first-order chi connectivity index (χ1) is 25.5. The van der Waals surface area contributed by atoms with Gasteiger partial charge in [0.25, 0.3) is 0 Å². The zero-order valence-corrected chi connectivity index (χ0v) is 31.1. The van der Waals surface area contributed by atoms with E-state index in [4.69, 9.17) is 9.47 Å². The number of hydrogen-bond donors (Lipinski definition) is 0. The summed E-state index contributed by atoms with van der Waals surface area (Å²) in [5, 5.41) is 0. The van der Waals surface area contributed by atoms with Gasteiger partial charge in [0.1, 0.15) is 17.4 Å². The minimum absolute atomic E-state index is 0.493. The van der Waals surface area contributed by atoms with Crippen molar-refractivity contribution in [2.24, 2.45) is 0 Å². The summed E-state index contributed by atoms with van der Waals surface area (Å²) < 4.78 is 48.2. The molecule has 0 radical (unpaired) electrons. The van der Waals surface area contributed by atoms with Crippen LogP contribution in [-0.4, -0.2) is 30.1 Å². The SMILES string of the molecule is COc1cccc(-c2ccc(C)cc2-c2cc3n(c2)[B-](F)(F)n2cc(-c4cc(C)ccc4-c4cccc(OC)c4)cc2[C+]3c2c(C)cc(C)cc2C)c1. The summed E-state index contributed by atoms with van der Waals surface area (Å²) >= 11 is 0. The summed E-state index contributed by atoms with van der Waals surface area (Å²) in [5.41, 5.74) is 14.3. The summed E-state index contributed by atoms with van der Waals surface area (Å²) in [6.07, 6.45) is 3.28. The molecule has 0 atom stereocenters. The Kier molecular flexibility index (Phi) is 8.33. The number of fused-ring (bicyclic) bond motifs is 2. The Morgan fingerprint density at radius 1 is 0.491 bits per heavy atom. The predicted octanol–water partition coefficient (Wildman–Crippen LogP) is 11.6. The Morgan fingerprint density at radius 2 is 0.943 bits per heavy atom. The highest BCUT2D eigenvalue weighted by Crippen LogP contribution is 2.47. The summed E-state index contributed by atoms with van der Waals surface area (Å²) in [6, 6.07) is 36.3. The molecule has 3 heterocycles. The fourth-order valence-electron chi connectivity index (χ4n) is 8.14. The van der Waals surface area contributed by atoms with E-state index in [1.54, 1.807) is 26.6 Å². The van der Waals surface area contributed by atoms with E-state index in [2.05, 4.69) is 69.3 Å². The molecule has 0 saturated heterocycles. The zero-order chi connectivity index (χ0) is 37.2. The lowest BCUT2D eigenvalue weighted by atomic mass is 9.79. The molecule has 1 aliphatic heterocycles. The van der Waals surface area contributed by atoms with Crippen LogP contribution in [0, 0.1) is 40.5 Å². The Morgan fingerprint density at radius 3 is 1.38 bits per heavy atom. The summed E-state index contributed by atoms with van der Waals surface area (Å²) in [5.74, 6) is 2.26. The monoisotopic (exact) mass is 702 g/mol. The van der Waals surface area contributed by atoms with Crippen LogP contribution in [0.3, 0.4) is 0 Å². The molecule has 0 fully saturated rings. The summed E-state index contributed by atoms with van der Waals surface area (Å²) in [7, 11) is 3.29. The van der Waals surface area contributed by atoms with E-state index in [0.717, 1.165) is 95.3 Å². The molecule has 264 valence electrons. The van der Waals surface area contributed by atoms with E-state index in [0.29, 0.717) is 11.4 Å². The lowest BCUT2D eigenvalue weighted by molar-refractivity contribution is 0.415. The standard InChI is InChI=1S/C46H41BF2N2O2/c1-28-14-16-39(33-10-8-12-37(22-33)52-6)41(20-28)35-24-43-46(45-31(4)18-30(3)19-32(45)5)44-25-36(27-51(44)47(48,49)50(43)26-35)42-21-29(2)15-17-40(42)34-11-9-13-38(23-34)53-7/h8-27H,1-7H3. The highest BCUT2D eigenvalue weighted by molar-refractivity contribution is 6.63. The third kappa shape index (κ3) is 5.81. The Hall–Kier alpha value is -5.95. The highest BCUT2D eigenvalue weighted by Gasteiger charge is 2.46. The number of nitrogens with zero attached hydrogens (tertiary/aromatic N) is 2. The van der Waals surface area contributed by atoms with Gasteiger partial charge in [-0.3, -0.25) is 0 Å². The van der Waals surface area contributed by atoms with Gasteiger partial charge >= 0.3 is 6.97 Å². The molecule has 2 aromatic heterocycles. The van der Waals surface area contributed by atoms with Crippen LogP contribution in [0.1, 0.15) is 44.8 Å². The second-order valence-electron chi connectivity index (χ2n) is 14.3. The Bertz CT molecular complexity index is 2380. The molecule has 0 amide bonds. The molecule has 53 heavy (non-hydrogen) atoms. The van der Waals surface area contributed by atoms with E-state index in [9.17, 15) is 0 Å². The van der Waals surface area contributed by atoms with Crippen molar-refractivity contribution in [3.8, 4) is 56.0 Å². The van der Waals surface area contributed by atoms with Crippen LogP contribution in [0.25, 0.3) is 44.5 Å².